The highest BCUT2D eigenvalue weighted by molar-refractivity contribution is 5.97. The zero-order valence-corrected chi connectivity index (χ0v) is 12.2. The number of hydrogen-bond acceptors (Lipinski definition) is 3. The lowest BCUT2D eigenvalue weighted by atomic mass is 9.99. The Balaban J connectivity index is 2.13. The second kappa shape index (κ2) is 5.25. The van der Waals surface area contributed by atoms with Gasteiger partial charge in [0.1, 0.15) is 0 Å². The van der Waals surface area contributed by atoms with Gasteiger partial charge in [-0.1, -0.05) is 0 Å². The molecule has 1 saturated heterocycles. The van der Waals surface area contributed by atoms with Crippen molar-refractivity contribution in [1.29, 1.82) is 0 Å². The van der Waals surface area contributed by atoms with Gasteiger partial charge in [-0.05, 0) is 45.2 Å². The molecule has 2 rings (SSSR count). The first kappa shape index (κ1) is 14.5. The van der Waals surface area contributed by atoms with Crippen LogP contribution in [0.1, 0.15) is 34.6 Å². The molecule has 1 heterocycles. The minimum absolute atomic E-state index is 0.00203. The van der Waals surface area contributed by atoms with Crippen LogP contribution < -0.4 is 5.73 Å². The standard InChI is InChI=1S/C15H21N3O2/c1-15(2)10-18(9-8-17(15)3)14(20)12-6-4-11(5-7-12)13(16)19/h4-7H,8-10H2,1-3H3,(H2,16,19). The van der Waals surface area contributed by atoms with E-state index in [1.807, 2.05) is 4.90 Å². The number of hydrogen-bond donors (Lipinski definition) is 1. The largest absolute Gasteiger partial charge is 0.366 e. The topological polar surface area (TPSA) is 66.6 Å². The number of likely N-dealkylation sites (N-methyl/N-ethyl adjacent to an activating group) is 1. The molecule has 108 valence electrons. The maximum atomic E-state index is 12.5. The molecule has 0 radical (unpaired) electrons. The molecule has 2 N–H and O–H groups in total. The number of amides is 2. The van der Waals surface area contributed by atoms with E-state index >= 15 is 0 Å². The Labute approximate surface area is 119 Å². The Morgan fingerprint density at radius 2 is 1.65 bits per heavy atom. The predicted octanol–water partition coefficient (Wildman–Crippen LogP) is 0.952. The predicted molar refractivity (Wildman–Crippen MR) is 77.6 cm³/mol. The summed E-state index contributed by atoms with van der Waals surface area (Å²) in [6.07, 6.45) is 0. The lowest BCUT2D eigenvalue weighted by Crippen LogP contribution is -2.58. The van der Waals surface area contributed by atoms with E-state index in [1.165, 1.54) is 0 Å². The third-order valence-corrected chi connectivity index (χ3v) is 4.02. The number of benzene rings is 1. The van der Waals surface area contributed by atoms with Gasteiger partial charge in [0, 0.05) is 36.3 Å². The molecule has 5 nitrogen and oxygen atoms in total. The molecule has 1 aliphatic heterocycles. The van der Waals surface area contributed by atoms with Crippen LogP contribution in [0.2, 0.25) is 0 Å². The van der Waals surface area contributed by atoms with E-state index in [-0.39, 0.29) is 11.4 Å². The van der Waals surface area contributed by atoms with Crippen molar-refractivity contribution in [2.75, 3.05) is 26.7 Å². The molecule has 0 aliphatic carbocycles. The molecular weight excluding hydrogens is 254 g/mol. The SMILES string of the molecule is CN1CCN(C(=O)c2ccc(C(N)=O)cc2)CC1(C)C. The van der Waals surface area contributed by atoms with Gasteiger partial charge in [-0.15, -0.1) is 0 Å². The zero-order chi connectivity index (χ0) is 14.9. The third kappa shape index (κ3) is 2.82. The van der Waals surface area contributed by atoms with Crippen LogP contribution >= 0.6 is 0 Å². The highest BCUT2D eigenvalue weighted by Gasteiger charge is 2.33. The number of nitrogens with two attached hydrogens (primary N) is 1. The van der Waals surface area contributed by atoms with Crippen LogP contribution in [0.3, 0.4) is 0 Å². The van der Waals surface area contributed by atoms with Crippen molar-refractivity contribution in [1.82, 2.24) is 9.80 Å². The average molecular weight is 275 g/mol. The summed E-state index contributed by atoms with van der Waals surface area (Å²) in [4.78, 5) is 27.6. The van der Waals surface area contributed by atoms with Crippen LogP contribution in [0.5, 0.6) is 0 Å². The summed E-state index contributed by atoms with van der Waals surface area (Å²) < 4.78 is 0. The average Bonchev–Trinajstić information content (AvgIpc) is 2.41. The molecule has 0 atom stereocenters. The number of carbonyl (C=O) groups is 2. The first-order chi connectivity index (χ1) is 9.31. The first-order valence-electron chi connectivity index (χ1n) is 6.71. The minimum Gasteiger partial charge on any atom is -0.366 e. The van der Waals surface area contributed by atoms with Gasteiger partial charge in [-0.2, -0.15) is 0 Å². The number of rotatable bonds is 2. The van der Waals surface area contributed by atoms with E-state index in [9.17, 15) is 9.59 Å². The molecule has 0 spiro atoms. The minimum atomic E-state index is -0.482. The third-order valence-electron chi connectivity index (χ3n) is 4.02. The van der Waals surface area contributed by atoms with Gasteiger partial charge in [0.05, 0.1) is 0 Å². The fourth-order valence-corrected chi connectivity index (χ4v) is 2.37. The number of nitrogens with zero attached hydrogens (tertiary/aromatic N) is 2. The molecule has 0 bridgehead atoms. The van der Waals surface area contributed by atoms with E-state index in [2.05, 4.69) is 25.8 Å². The van der Waals surface area contributed by atoms with Gasteiger partial charge in [0.2, 0.25) is 5.91 Å². The summed E-state index contributed by atoms with van der Waals surface area (Å²) in [5.74, 6) is -0.480. The fourth-order valence-electron chi connectivity index (χ4n) is 2.37. The van der Waals surface area contributed by atoms with Crippen molar-refractivity contribution in [3.8, 4) is 0 Å². The smallest absolute Gasteiger partial charge is 0.253 e. The zero-order valence-electron chi connectivity index (χ0n) is 12.2. The number of primary amides is 1. The fraction of sp³-hybridized carbons (Fsp3) is 0.467. The molecule has 1 fully saturated rings. The Kier molecular flexibility index (Phi) is 3.81. The molecule has 2 amide bonds. The molecule has 1 aromatic rings. The summed E-state index contributed by atoms with van der Waals surface area (Å²) in [6, 6.07) is 6.51. The maximum absolute atomic E-state index is 12.5. The van der Waals surface area contributed by atoms with Crippen LogP contribution in [0.4, 0.5) is 0 Å². The summed E-state index contributed by atoms with van der Waals surface area (Å²) in [5, 5.41) is 0. The lowest BCUT2D eigenvalue weighted by Gasteiger charge is -2.45. The van der Waals surface area contributed by atoms with Crippen molar-refractivity contribution in [3.63, 3.8) is 0 Å². The molecule has 0 aromatic heterocycles. The molecule has 1 aliphatic rings. The Hall–Kier alpha value is -1.88. The summed E-state index contributed by atoms with van der Waals surface area (Å²) in [6.45, 7) is 6.53. The number of carbonyl (C=O) groups excluding carboxylic acids is 2. The second-order valence-corrected chi connectivity index (χ2v) is 5.90. The van der Waals surface area contributed by atoms with Crippen LogP contribution in [-0.4, -0.2) is 53.8 Å². The second-order valence-electron chi connectivity index (χ2n) is 5.90. The van der Waals surface area contributed by atoms with Gasteiger partial charge in [0.15, 0.2) is 0 Å². The van der Waals surface area contributed by atoms with Crippen LogP contribution in [-0.2, 0) is 0 Å². The van der Waals surface area contributed by atoms with Crippen molar-refractivity contribution >= 4 is 11.8 Å². The highest BCUT2D eigenvalue weighted by Crippen LogP contribution is 2.20. The Morgan fingerprint density at radius 3 is 2.15 bits per heavy atom. The monoisotopic (exact) mass is 275 g/mol. The van der Waals surface area contributed by atoms with Crippen molar-refractivity contribution < 1.29 is 9.59 Å². The van der Waals surface area contributed by atoms with Gasteiger partial charge >= 0.3 is 0 Å². The lowest BCUT2D eigenvalue weighted by molar-refractivity contribution is 0.0311. The Morgan fingerprint density at radius 1 is 1.10 bits per heavy atom. The van der Waals surface area contributed by atoms with Crippen LogP contribution in [0, 0.1) is 0 Å². The summed E-state index contributed by atoms with van der Waals surface area (Å²) >= 11 is 0. The first-order valence-corrected chi connectivity index (χ1v) is 6.71. The number of piperazine rings is 1. The summed E-state index contributed by atoms with van der Waals surface area (Å²) in [5.41, 5.74) is 6.18. The van der Waals surface area contributed by atoms with E-state index in [1.54, 1.807) is 24.3 Å². The molecule has 1 aromatic carbocycles. The summed E-state index contributed by atoms with van der Waals surface area (Å²) in [7, 11) is 2.07. The normalized spacial score (nSPS) is 18.9. The van der Waals surface area contributed by atoms with Crippen LogP contribution in [0.15, 0.2) is 24.3 Å². The molecule has 5 heteroatoms. The quantitative estimate of drug-likeness (QED) is 0.874. The van der Waals surface area contributed by atoms with E-state index in [4.69, 9.17) is 5.73 Å². The van der Waals surface area contributed by atoms with E-state index in [0.29, 0.717) is 17.7 Å². The van der Waals surface area contributed by atoms with Gasteiger partial charge in [-0.25, -0.2) is 0 Å². The molecule has 0 unspecified atom stereocenters. The van der Waals surface area contributed by atoms with Crippen LogP contribution in [0.25, 0.3) is 0 Å². The van der Waals surface area contributed by atoms with Crippen molar-refractivity contribution in [3.05, 3.63) is 35.4 Å². The van der Waals surface area contributed by atoms with Crippen molar-refractivity contribution in [2.45, 2.75) is 19.4 Å². The van der Waals surface area contributed by atoms with Gasteiger partial charge in [-0.3, -0.25) is 14.5 Å². The van der Waals surface area contributed by atoms with E-state index in [0.717, 1.165) is 13.1 Å². The van der Waals surface area contributed by atoms with E-state index < -0.39 is 5.91 Å². The maximum Gasteiger partial charge on any atom is 0.253 e. The molecular formula is C15H21N3O2. The van der Waals surface area contributed by atoms with Gasteiger partial charge in [0.25, 0.3) is 5.91 Å². The van der Waals surface area contributed by atoms with Crippen molar-refractivity contribution in [2.24, 2.45) is 5.73 Å². The highest BCUT2D eigenvalue weighted by atomic mass is 16.2. The molecule has 20 heavy (non-hydrogen) atoms. The molecule has 0 saturated carbocycles. The van der Waals surface area contributed by atoms with Gasteiger partial charge < -0.3 is 10.6 Å². The Bertz CT molecular complexity index is 522.